The predicted octanol–water partition coefficient (Wildman–Crippen LogP) is 0.296. The first-order valence-electron chi connectivity index (χ1n) is 5.38. The predicted molar refractivity (Wildman–Crippen MR) is 62.0 cm³/mol. The maximum atomic E-state index is 10.8. The van der Waals surface area contributed by atoms with E-state index in [0.717, 1.165) is 24.8 Å². The normalized spacial score (nSPS) is 22.4. The third-order valence-corrected chi connectivity index (χ3v) is 3.62. The molecule has 0 bridgehead atoms. The Bertz CT molecular complexity index is 179. The van der Waals surface area contributed by atoms with Gasteiger partial charge in [0.15, 0.2) is 0 Å². The zero-order valence-electron chi connectivity index (χ0n) is 9.29. The van der Waals surface area contributed by atoms with Gasteiger partial charge < -0.3 is 10.2 Å². The summed E-state index contributed by atoms with van der Waals surface area (Å²) >= 11 is 0. The van der Waals surface area contributed by atoms with Crippen molar-refractivity contribution in [3.05, 3.63) is 0 Å². The van der Waals surface area contributed by atoms with E-state index in [1.807, 2.05) is 0 Å². The Balaban J connectivity index is 1.99. The summed E-state index contributed by atoms with van der Waals surface area (Å²) in [5, 5.41) is 3.39. The van der Waals surface area contributed by atoms with Crippen LogP contribution in [0.5, 0.6) is 0 Å². The van der Waals surface area contributed by atoms with Crippen LogP contribution in [0.25, 0.3) is 0 Å². The van der Waals surface area contributed by atoms with Gasteiger partial charge in [0.05, 0.1) is 0 Å². The largest absolute Gasteiger partial charge is 0.316 e. The molecule has 1 N–H and O–H groups in total. The number of hydrogen-bond donors (Lipinski definition) is 1. The Labute approximate surface area is 89.7 Å². The maximum absolute atomic E-state index is 10.8. The highest BCUT2D eigenvalue weighted by atomic mass is 32.2. The number of rotatable bonds is 5. The van der Waals surface area contributed by atoms with Gasteiger partial charge in [0.2, 0.25) is 0 Å². The molecule has 1 atom stereocenters. The van der Waals surface area contributed by atoms with Gasteiger partial charge >= 0.3 is 0 Å². The molecule has 3 nitrogen and oxygen atoms in total. The fourth-order valence-electron chi connectivity index (χ4n) is 1.79. The third-order valence-electron chi connectivity index (χ3n) is 2.84. The van der Waals surface area contributed by atoms with Crippen LogP contribution < -0.4 is 5.32 Å². The van der Waals surface area contributed by atoms with Crippen LogP contribution in [0, 0.1) is 5.92 Å². The Morgan fingerprint density at radius 1 is 1.43 bits per heavy atom. The van der Waals surface area contributed by atoms with E-state index in [0.29, 0.717) is 0 Å². The topological polar surface area (TPSA) is 32.3 Å². The van der Waals surface area contributed by atoms with Gasteiger partial charge in [-0.15, -0.1) is 0 Å². The maximum Gasteiger partial charge on any atom is 0.0357 e. The van der Waals surface area contributed by atoms with Gasteiger partial charge in [-0.05, 0) is 45.4 Å². The zero-order valence-corrected chi connectivity index (χ0v) is 10.1. The van der Waals surface area contributed by atoms with E-state index in [9.17, 15) is 4.21 Å². The Morgan fingerprint density at radius 3 is 2.64 bits per heavy atom. The summed E-state index contributed by atoms with van der Waals surface area (Å²) < 4.78 is 10.8. The van der Waals surface area contributed by atoms with Crippen molar-refractivity contribution in [2.24, 2.45) is 5.92 Å². The van der Waals surface area contributed by atoms with Gasteiger partial charge in [-0.25, -0.2) is 0 Å². The quantitative estimate of drug-likeness (QED) is 0.674. The molecule has 0 amide bonds. The molecule has 0 aliphatic carbocycles. The van der Waals surface area contributed by atoms with E-state index >= 15 is 0 Å². The summed E-state index contributed by atoms with van der Waals surface area (Å²) in [6.07, 6.45) is 4.37. The SMILES string of the molecule is CN1CCC(CNCCS(C)=O)CC1. The highest BCUT2D eigenvalue weighted by molar-refractivity contribution is 7.84. The van der Waals surface area contributed by atoms with Gasteiger partial charge in [0.1, 0.15) is 0 Å². The molecule has 14 heavy (non-hydrogen) atoms. The Hall–Kier alpha value is 0.0700. The van der Waals surface area contributed by atoms with Crippen LogP contribution in [0.2, 0.25) is 0 Å². The van der Waals surface area contributed by atoms with Crippen LogP contribution >= 0.6 is 0 Å². The second-order valence-electron chi connectivity index (χ2n) is 4.23. The van der Waals surface area contributed by atoms with Crippen LogP contribution in [0.3, 0.4) is 0 Å². The lowest BCUT2D eigenvalue weighted by molar-refractivity contribution is 0.217. The minimum absolute atomic E-state index is 0.648. The lowest BCUT2D eigenvalue weighted by Gasteiger charge is -2.28. The molecule has 0 spiro atoms. The first-order valence-corrected chi connectivity index (χ1v) is 7.10. The molecule has 0 aromatic carbocycles. The molecule has 1 aliphatic rings. The second kappa shape index (κ2) is 6.53. The van der Waals surface area contributed by atoms with Crippen molar-refractivity contribution in [3.63, 3.8) is 0 Å². The minimum atomic E-state index is -0.648. The van der Waals surface area contributed by atoms with E-state index in [4.69, 9.17) is 0 Å². The van der Waals surface area contributed by atoms with E-state index in [2.05, 4.69) is 17.3 Å². The number of likely N-dealkylation sites (tertiary alicyclic amines) is 1. The molecule has 0 saturated carbocycles. The molecular weight excluding hydrogens is 196 g/mol. The fourth-order valence-corrected chi connectivity index (χ4v) is 2.22. The molecule has 0 radical (unpaired) electrons. The Morgan fingerprint density at radius 2 is 2.07 bits per heavy atom. The van der Waals surface area contributed by atoms with Crippen molar-refractivity contribution in [2.75, 3.05) is 45.2 Å². The summed E-state index contributed by atoms with van der Waals surface area (Å²) in [4.78, 5) is 2.39. The molecule has 1 unspecified atom stereocenters. The molecule has 84 valence electrons. The average molecular weight is 218 g/mol. The number of hydrogen-bond acceptors (Lipinski definition) is 3. The average Bonchev–Trinajstić information content (AvgIpc) is 2.15. The molecule has 1 heterocycles. The third kappa shape index (κ3) is 5.08. The standard InChI is InChI=1S/C10H22N2OS/c1-12-6-3-10(4-7-12)9-11-5-8-14(2)13/h10-11H,3-9H2,1-2H3. The first kappa shape index (κ1) is 12.1. The lowest BCUT2D eigenvalue weighted by atomic mass is 9.97. The molecule has 1 aliphatic heterocycles. The van der Waals surface area contributed by atoms with Crippen molar-refractivity contribution < 1.29 is 4.21 Å². The van der Waals surface area contributed by atoms with Crippen molar-refractivity contribution in [2.45, 2.75) is 12.8 Å². The lowest BCUT2D eigenvalue weighted by Crippen LogP contribution is -2.35. The second-order valence-corrected chi connectivity index (χ2v) is 5.78. The molecule has 1 saturated heterocycles. The monoisotopic (exact) mass is 218 g/mol. The summed E-state index contributed by atoms with van der Waals surface area (Å²) in [5.74, 6) is 1.61. The molecule has 0 aromatic heterocycles. The van der Waals surface area contributed by atoms with E-state index in [-0.39, 0.29) is 0 Å². The van der Waals surface area contributed by atoms with Gasteiger partial charge in [-0.2, -0.15) is 0 Å². The van der Waals surface area contributed by atoms with Gasteiger partial charge in [0.25, 0.3) is 0 Å². The van der Waals surface area contributed by atoms with E-state index in [1.54, 1.807) is 6.26 Å². The van der Waals surface area contributed by atoms with Gasteiger partial charge in [-0.1, -0.05) is 0 Å². The molecule has 1 fully saturated rings. The molecular formula is C10H22N2OS. The molecule has 4 heteroatoms. The van der Waals surface area contributed by atoms with Crippen molar-refractivity contribution in [1.82, 2.24) is 10.2 Å². The van der Waals surface area contributed by atoms with Crippen LogP contribution in [-0.4, -0.2) is 54.3 Å². The van der Waals surface area contributed by atoms with Crippen molar-refractivity contribution >= 4 is 10.8 Å². The molecule has 1 rings (SSSR count). The van der Waals surface area contributed by atoms with E-state index < -0.39 is 10.8 Å². The summed E-state index contributed by atoms with van der Waals surface area (Å²) in [6.45, 7) is 4.46. The van der Waals surface area contributed by atoms with Gasteiger partial charge in [0, 0.05) is 29.4 Å². The van der Waals surface area contributed by atoms with Crippen LogP contribution in [0.15, 0.2) is 0 Å². The van der Waals surface area contributed by atoms with Crippen molar-refractivity contribution in [3.8, 4) is 0 Å². The van der Waals surface area contributed by atoms with Crippen LogP contribution in [0.4, 0.5) is 0 Å². The highest BCUT2D eigenvalue weighted by Gasteiger charge is 2.15. The minimum Gasteiger partial charge on any atom is -0.316 e. The summed E-state index contributed by atoms with van der Waals surface area (Å²) in [6, 6.07) is 0. The molecule has 0 aromatic rings. The number of nitrogens with one attached hydrogen (secondary N) is 1. The fraction of sp³-hybridized carbons (Fsp3) is 1.00. The van der Waals surface area contributed by atoms with E-state index in [1.165, 1.54) is 25.9 Å². The van der Waals surface area contributed by atoms with Crippen LogP contribution in [-0.2, 0) is 10.8 Å². The summed E-state index contributed by atoms with van der Waals surface area (Å²) in [5.41, 5.74) is 0. The van der Waals surface area contributed by atoms with Crippen LogP contribution in [0.1, 0.15) is 12.8 Å². The number of nitrogens with zero attached hydrogens (tertiary/aromatic N) is 1. The van der Waals surface area contributed by atoms with Crippen molar-refractivity contribution in [1.29, 1.82) is 0 Å². The zero-order chi connectivity index (χ0) is 10.4. The van der Waals surface area contributed by atoms with Gasteiger partial charge in [-0.3, -0.25) is 4.21 Å². The smallest absolute Gasteiger partial charge is 0.0357 e. The Kier molecular flexibility index (Phi) is 5.67. The first-order chi connectivity index (χ1) is 6.68. The highest BCUT2D eigenvalue weighted by Crippen LogP contribution is 2.14. The summed E-state index contributed by atoms with van der Waals surface area (Å²) in [7, 11) is 1.54. The number of piperidine rings is 1.